The van der Waals surface area contributed by atoms with E-state index in [9.17, 15) is 13.2 Å². The van der Waals surface area contributed by atoms with Gasteiger partial charge in [0.2, 0.25) is 11.9 Å². The first-order valence-electron chi connectivity index (χ1n) is 11.1. The maximum atomic E-state index is 12.9. The van der Waals surface area contributed by atoms with Crippen molar-refractivity contribution in [3.63, 3.8) is 0 Å². The van der Waals surface area contributed by atoms with Crippen molar-refractivity contribution in [2.45, 2.75) is 23.2 Å². The van der Waals surface area contributed by atoms with Crippen LogP contribution in [0.25, 0.3) is 5.76 Å². The van der Waals surface area contributed by atoms with Crippen LogP contribution in [0.4, 0.5) is 30.9 Å². The summed E-state index contributed by atoms with van der Waals surface area (Å²) in [5.41, 5.74) is -0.0779. The van der Waals surface area contributed by atoms with Crippen LogP contribution < -0.4 is 10.2 Å². The largest absolute Gasteiger partial charge is 0.464 e. The van der Waals surface area contributed by atoms with Crippen LogP contribution in [0.3, 0.4) is 0 Å². The van der Waals surface area contributed by atoms with Crippen molar-refractivity contribution >= 4 is 35.2 Å². The molecule has 0 amide bonds. The van der Waals surface area contributed by atoms with Crippen LogP contribution >= 0.6 is 11.8 Å². The third kappa shape index (κ3) is 6.34. The molecule has 0 spiro atoms. The van der Waals surface area contributed by atoms with E-state index >= 15 is 0 Å². The van der Waals surface area contributed by atoms with E-state index in [0.717, 1.165) is 50.1 Å². The number of hydrogen-bond acceptors (Lipinski definition) is 9. The lowest BCUT2D eigenvalue weighted by Gasteiger charge is -2.32. The monoisotopic (exact) mass is 518 g/mol. The number of aromatic nitrogens is 5. The van der Waals surface area contributed by atoms with E-state index in [1.54, 1.807) is 12.1 Å². The number of anilines is 3. The minimum Gasteiger partial charge on any atom is -0.464 e. The number of halogens is 3. The van der Waals surface area contributed by atoms with E-state index in [1.165, 1.54) is 18.4 Å². The molecule has 0 bridgehead atoms. The quantitative estimate of drug-likeness (QED) is 0.409. The molecule has 9 nitrogen and oxygen atoms in total. The second-order valence-electron chi connectivity index (χ2n) is 7.89. The molecule has 36 heavy (non-hydrogen) atoms. The van der Waals surface area contributed by atoms with Gasteiger partial charge in [-0.3, -0.25) is 5.10 Å². The lowest BCUT2D eigenvalue weighted by atomic mass is 10.2. The molecule has 0 aliphatic carbocycles. The van der Waals surface area contributed by atoms with Crippen LogP contribution in [-0.4, -0.2) is 63.3 Å². The number of ether oxygens (including phenoxy) is 1. The first-order chi connectivity index (χ1) is 17.2. The van der Waals surface area contributed by atoms with Gasteiger partial charge >= 0.3 is 6.18 Å². The maximum Gasteiger partial charge on any atom is 0.416 e. The van der Waals surface area contributed by atoms with Crippen LogP contribution in [0, 0.1) is 0 Å². The lowest BCUT2D eigenvalue weighted by molar-refractivity contribution is -0.137. The number of benzene rings is 1. The summed E-state index contributed by atoms with van der Waals surface area (Å²) in [6.45, 7) is 8.57. The van der Waals surface area contributed by atoms with Gasteiger partial charge in [0.05, 0.1) is 11.8 Å². The molecule has 0 unspecified atom stereocenters. The predicted octanol–water partition coefficient (Wildman–Crippen LogP) is 4.78. The predicted molar refractivity (Wildman–Crippen MR) is 132 cm³/mol. The molecule has 4 rings (SSSR count). The van der Waals surface area contributed by atoms with Gasteiger partial charge < -0.3 is 19.9 Å². The highest BCUT2D eigenvalue weighted by Gasteiger charge is 2.30. The van der Waals surface area contributed by atoms with E-state index in [0.29, 0.717) is 33.3 Å². The molecule has 1 aliphatic rings. The number of nitrogens with one attached hydrogen (secondary N) is 2. The third-order valence-electron chi connectivity index (χ3n) is 5.34. The van der Waals surface area contributed by atoms with Gasteiger partial charge in [-0.25, -0.2) is 0 Å². The Kier molecular flexibility index (Phi) is 7.79. The van der Waals surface area contributed by atoms with Crippen molar-refractivity contribution < 1.29 is 17.9 Å². The highest BCUT2D eigenvalue weighted by Crippen LogP contribution is 2.33. The van der Waals surface area contributed by atoms with Crippen molar-refractivity contribution in [3.8, 4) is 0 Å². The van der Waals surface area contributed by atoms with Gasteiger partial charge in [-0.2, -0.15) is 33.2 Å². The highest BCUT2D eigenvalue weighted by molar-refractivity contribution is 7.99. The highest BCUT2D eigenvalue weighted by atomic mass is 32.2. The van der Waals surface area contributed by atoms with Crippen molar-refractivity contribution in [1.82, 2.24) is 30.0 Å². The Bertz CT molecular complexity index is 1220. The standard InChI is InChI=1S/C23H25F3N8OS/c1-4-18(35-5-2)17-14-19(32-31-17)27-20-28-21(34-12-10-33(3)11-13-34)30-22(29-20)36-16-8-6-15(7-9-16)23(24,25)26/h4-9,14H,2,10-13H2,1,3H3,(H2,27,28,29,30,31,32)/b18-4-. The fourth-order valence-corrected chi connectivity index (χ4v) is 4.16. The topological polar surface area (TPSA) is 95.1 Å². The molecule has 3 heterocycles. The van der Waals surface area contributed by atoms with Gasteiger partial charge in [0, 0.05) is 37.1 Å². The van der Waals surface area contributed by atoms with Crippen molar-refractivity contribution in [2.75, 3.05) is 43.4 Å². The Morgan fingerprint density at radius 2 is 1.86 bits per heavy atom. The summed E-state index contributed by atoms with van der Waals surface area (Å²) in [7, 11) is 2.05. The molecule has 0 saturated carbocycles. The van der Waals surface area contributed by atoms with Gasteiger partial charge in [0.15, 0.2) is 11.0 Å². The molecular formula is C23H25F3N8OS. The first kappa shape index (κ1) is 25.5. The number of hydrogen-bond donors (Lipinski definition) is 2. The molecule has 1 aromatic carbocycles. The molecule has 13 heteroatoms. The van der Waals surface area contributed by atoms with Crippen LogP contribution in [-0.2, 0) is 10.9 Å². The van der Waals surface area contributed by atoms with Crippen LogP contribution in [0.1, 0.15) is 18.2 Å². The summed E-state index contributed by atoms with van der Waals surface area (Å²) in [4.78, 5) is 18.5. The normalized spacial score (nSPS) is 15.1. The SMILES string of the molecule is C=CO/C(=C\C)c1cc(Nc2nc(Sc3ccc(C(F)(F)F)cc3)nc(N3CCN(C)CC3)n2)n[nH]1. The zero-order valence-corrected chi connectivity index (χ0v) is 20.5. The molecule has 1 fully saturated rings. The van der Waals surface area contributed by atoms with Crippen molar-refractivity contribution in [3.05, 3.63) is 60.5 Å². The summed E-state index contributed by atoms with van der Waals surface area (Å²) in [6, 6.07) is 6.62. The van der Waals surface area contributed by atoms with E-state index in [2.05, 4.69) is 46.8 Å². The number of aromatic amines is 1. The van der Waals surface area contributed by atoms with Gasteiger partial charge in [-0.15, -0.1) is 0 Å². The number of likely N-dealkylation sites (N-methyl/N-ethyl adjacent to an activating group) is 1. The molecule has 2 aromatic heterocycles. The van der Waals surface area contributed by atoms with E-state index in [4.69, 9.17) is 4.74 Å². The number of allylic oxidation sites excluding steroid dienone is 1. The summed E-state index contributed by atoms with van der Waals surface area (Å²) >= 11 is 1.16. The average Bonchev–Trinajstić information content (AvgIpc) is 3.30. The Balaban J connectivity index is 1.60. The van der Waals surface area contributed by atoms with E-state index in [1.807, 2.05) is 14.0 Å². The number of alkyl halides is 3. The van der Waals surface area contributed by atoms with Crippen LogP contribution in [0.15, 0.2) is 59.3 Å². The minimum atomic E-state index is -4.39. The summed E-state index contributed by atoms with van der Waals surface area (Å²) < 4.78 is 44.1. The molecule has 0 atom stereocenters. The van der Waals surface area contributed by atoms with Gasteiger partial charge in [0.1, 0.15) is 11.5 Å². The summed E-state index contributed by atoms with van der Waals surface area (Å²) in [5.74, 6) is 1.75. The lowest BCUT2D eigenvalue weighted by Crippen LogP contribution is -2.45. The Morgan fingerprint density at radius 3 is 2.50 bits per heavy atom. The molecule has 0 radical (unpaired) electrons. The second kappa shape index (κ2) is 11.0. The minimum absolute atomic E-state index is 0.262. The second-order valence-corrected chi connectivity index (χ2v) is 8.93. The zero-order valence-electron chi connectivity index (χ0n) is 19.7. The van der Waals surface area contributed by atoms with Crippen LogP contribution in [0.2, 0.25) is 0 Å². The summed E-state index contributed by atoms with van der Waals surface area (Å²) in [6.07, 6.45) is -1.30. The molecule has 1 aliphatic heterocycles. The zero-order chi connectivity index (χ0) is 25.7. The third-order valence-corrected chi connectivity index (χ3v) is 6.21. The molecule has 2 N–H and O–H groups in total. The Morgan fingerprint density at radius 1 is 1.14 bits per heavy atom. The molecule has 3 aromatic rings. The maximum absolute atomic E-state index is 12.9. The number of H-pyrrole nitrogens is 1. The fourth-order valence-electron chi connectivity index (χ4n) is 3.42. The number of nitrogens with zero attached hydrogens (tertiary/aromatic N) is 6. The Labute approximate surface area is 210 Å². The van der Waals surface area contributed by atoms with Gasteiger partial charge in [-0.1, -0.05) is 6.58 Å². The van der Waals surface area contributed by atoms with E-state index < -0.39 is 11.7 Å². The van der Waals surface area contributed by atoms with Gasteiger partial charge in [-0.05, 0) is 56.1 Å². The molecule has 190 valence electrons. The fraction of sp³-hybridized carbons (Fsp3) is 0.304. The number of rotatable bonds is 8. The first-order valence-corrected chi connectivity index (χ1v) is 11.9. The van der Waals surface area contributed by atoms with Crippen LogP contribution in [0.5, 0.6) is 0 Å². The van der Waals surface area contributed by atoms with Crippen molar-refractivity contribution in [2.24, 2.45) is 0 Å². The number of piperazine rings is 1. The molecule has 1 saturated heterocycles. The summed E-state index contributed by atoms with van der Waals surface area (Å²) in [5, 5.41) is 10.5. The smallest absolute Gasteiger partial charge is 0.416 e. The van der Waals surface area contributed by atoms with Crippen molar-refractivity contribution in [1.29, 1.82) is 0 Å². The Hall–Kier alpha value is -3.58. The van der Waals surface area contributed by atoms with Gasteiger partial charge in [0.25, 0.3) is 0 Å². The average molecular weight is 519 g/mol. The molecular weight excluding hydrogens is 493 g/mol. The van der Waals surface area contributed by atoms with E-state index in [-0.39, 0.29) is 5.95 Å².